The molecule has 4 rings (SSSR count). The van der Waals surface area contributed by atoms with E-state index in [4.69, 9.17) is 28.2 Å². The average molecular weight is 466 g/mol. The maximum Gasteiger partial charge on any atom is 0.270 e. The van der Waals surface area contributed by atoms with Gasteiger partial charge in [-0.05, 0) is 67.7 Å². The van der Waals surface area contributed by atoms with E-state index in [1.165, 1.54) is 23.1 Å². The van der Waals surface area contributed by atoms with E-state index in [0.29, 0.717) is 17.0 Å². The Kier molecular flexibility index (Phi) is 5.65. The Labute approximate surface area is 192 Å². The van der Waals surface area contributed by atoms with Gasteiger partial charge in [-0.25, -0.2) is 0 Å². The number of nitrogens with one attached hydrogen (secondary N) is 1. The van der Waals surface area contributed by atoms with Gasteiger partial charge in [0.1, 0.15) is 17.1 Å². The van der Waals surface area contributed by atoms with Gasteiger partial charge in [0.2, 0.25) is 0 Å². The van der Waals surface area contributed by atoms with Gasteiger partial charge in [-0.1, -0.05) is 29.3 Å². The molecule has 0 spiro atoms. The number of anilines is 1. The van der Waals surface area contributed by atoms with Gasteiger partial charge >= 0.3 is 0 Å². The van der Waals surface area contributed by atoms with Crippen LogP contribution in [-0.4, -0.2) is 22.9 Å². The van der Waals surface area contributed by atoms with Gasteiger partial charge in [0.25, 0.3) is 11.8 Å². The van der Waals surface area contributed by atoms with Crippen molar-refractivity contribution in [3.8, 4) is 11.3 Å². The molecule has 160 valence electrons. The summed E-state index contributed by atoms with van der Waals surface area (Å²) in [5, 5.41) is 13.7. The SMILES string of the molecule is Cc1ccc(N2C(=O)/C(=C\c3ccc(-c4ccc(Cl)c(C(=O)[O-])c4)o3)C(=O)NC2=S)cc1. The van der Waals surface area contributed by atoms with Gasteiger partial charge in [-0.15, -0.1) is 0 Å². The van der Waals surface area contributed by atoms with Crippen LogP contribution in [0.5, 0.6) is 0 Å². The van der Waals surface area contributed by atoms with Crippen LogP contribution in [0.2, 0.25) is 5.02 Å². The molecule has 0 radical (unpaired) electrons. The molecule has 32 heavy (non-hydrogen) atoms. The molecule has 1 aliphatic rings. The van der Waals surface area contributed by atoms with Crippen LogP contribution in [0.15, 0.2) is 64.6 Å². The Morgan fingerprint density at radius 1 is 1.12 bits per heavy atom. The Morgan fingerprint density at radius 3 is 2.53 bits per heavy atom. The number of hydrogen-bond acceptors (Lipinski definition) is 6. The second-order valence-corrected chi connectivity index (χ2v) is 7.77. The van der Waals surface area contributed by atoms with E-state index < -0.39 is 17.8 Å². The van der Waals surface area contributed by atoms with Gasteiger partial charge in [0.05, 0.1) is 11.7 Å². The molecule has 1 aliphatic heterocycles. The van der Waals surface area contributed by atoms with E-state index in [9.17, 15) is 19.5 Å². The lowest BCUT2D eigenvalue weighted by Crippen LogP contribution is -2.54. The molecule has 2 amide bonds. The van der Waals surface area contributed by atoms with Gasteiger partial charge in [-0.2, -0.15) is 0 Å². The van der Waals surface area contributed by atoms with Crippen LogP contribution in [0.4, 0.5) is 5.69 Å². The quantitative estimate of drug-likeness (QED) is 0.361. The second-order valence-electron chi connectivity index (χ2n) is 6.98. The third-order valence-electron chi connectivity index (χ3n) is 4.78. The van der Waals surface area contributed by atoms with Crippen LogP contribution >= 0.6 is 23.8 Å². The summed E-state index contributed by atoms with van der Waals surface area (Å²) in [5.74, 6) is -2.11. The molecule has 0 unspecified atom stereocenters. The van der Waals surface area contributed by atoms with Gasteiger partial charge in [0.15, 0.2) is 5.11 Å². The van der Waals surface area contributed by atoms with E-state index in [2.05, 4.69) is 5.32 Å². The summed E-state index contributed by atoms with van der Waals surface area (Å²) in [5.41, 5.74) is 1.64. The average Bonchev–Trinajstić information content (AvgIpc) is 3.21. The molecule has 2 aromatic carbocycles. The van der Waals surface area contributed by atoms with Crippen molar-refractivity contribution in [1.82, 2.24) is 5.32 Å². The smallest absolute Gasteiger partial charge is 0.270 e. The summed E-state index contributed by atoms with van der Waals surface area (Å²) in [6, 6.07) is 14.6. The standard InChI is InChI=1S/C23H15ClN2O5S/c1-12-2-5-14(6-3-12)26-21(28)17(20(27)25-23(26)32)11-15-7-9-19(31-15)13-4-8-18(24)16(10-13)22(29)30/h2-11H,1H3,(H,29,30)(H,25,27,32)/p-1/b17-11-. The number of benzene rings is 2. The number of hydrogen-bond donors (Lipinski definition) is 1. The Hall–Kier alpha value is -3.75. The van der Waals surface area contributed by atoms with Crippen molar-refractivity contribution in [2.24, 2.45) is 0 Å². The third kappa shape index (κ3) is 4.05. The molecule has 0 saturated carbocycles. The van der Waals surface area contributed by atoms with Gasteiger partial charge in [-0.3, -0.25) is 19.8 Å². The number of aryl methyl sites for hydroxylation is 1. The monoisotopic (exact) mass is 465 g/mol. The zero-order valence-electron chi connectivity index (χ0n) is 16.5. The molecule has 0 atom stereocenters. The highest BCUT2D eigenvalue weighted by Crippen LogP contribution is 2.28. The number of aromatic carboxylic acids is 1. The fourth-order valence-electron chi connectivity index (χ4n) is 3.15. The van der Waals surface area contributed by atoms with Crippen molar-refractivity contribution >= 4 is 58.5 Å². The minimum Gasteiger partial charge on any atom is -0.545 e. The minimum atomic E-state index is -1.41. The summed E-state index contributed by atoms with van der Waals surface area (Å²) in [4.78, 5) is 37.9. The number of rotatable bonds is 4. The molecule has 1 fully saturated rings. The molecular formula is C23H14ClN2O5S-. The molecule has 1 aromatic heterocycles. The summed E-state index contributed by atoms with van der Waals surface area (Å²) >= 11 is 11.1. The summed E-state index contributed by atoms with van der Waals surface area (Å²) in [6.07, 6.45) is 1.31. The zero-order valence-corrected chi connectivity index (χ0v) is 18.1. The molecule has 9 heteroatoms. The second kappa shape index (κ2) is 8.41. The number of carboxylic acids is 1. The Morgan fingerprint density at radius 2 is 1.84 bits per heavy atom. The van der Waals surface area contributed by atoms with Crippen LogP contribution < -0.4 is 15.3 Å². The maximum absolute atomic E-state index is 13.1. The lowest BCUT2D eigenvalue weighted by molar-refractivity contribution is -0.255. The molecule has 7 nitrogen and oxygen atoms in total. The van der Waals surface area contributed by atoms with Crippen LogP contribution in [0.3, 0.4) is 0 Å². The fourth-order valence-corrected chi connectivity index (χ4v) is 3.62. The van der Waals surface area contributed by atoms with Crippen LogP contribution in [0, 0.1) is 6.92 Å². The number of thiocarbonyl (C=S) groups is 1. The zero-order chi connectivity index (χ0) is 23.0. The summed E-state index contributed by atoms with van der Waals surface area (Å²) < 4.78 is 5.71. The predicted octanol–water partition coefficient (Wildman–Crippen LogP) is 3.10. The normalized spacial score (nSPS) is 15.2. The van der Waals surface area contributed by atoms with E-state index in [-0.39, 0.29) is 27.0 Å². The van der Waals surface area contributed by atoms with Crippen LogP contribution in [0.25, 0.3) is 17.4 Å². The topological polar surface area (TPSA) is 103 Å². The number of furan rings is 1. The molecule has 3 aromatic rings. The van der Waals surface area contributed by atoms with Crippen molar-refractivity contribution in [3.63, 3.8) is 0 Å². The van der Waals surface area contributed by atoms with Crippen LogP contribution in [0.1, 0.15) is 21.7 Å². The van der Waals surface area contributed by atoms with E-state index >= 15 is 0 Å². The number of amides is 2. The van der Waals surface area contributed by atoms with Crippen molar-refractivity contribution in [2.45, 2.75) is 6.92 Å². The Balaban J connectivity index is 1.67. The minimum absolute atomic E-state index is 0.0166. The highest BCUT2D eigenvalue weighted by atomic mass is 35.5. The number of carboxylic acid groups (broad SMARTS) is 1. The first kappa shape index (κ1) is 21.5. The van der Waals surface area contributed by atoms with Gasteiger partial charge in [0, 0.05) is 16.1 Å². The largest absolute Gasteiger partial charge is 0.545 e. The molecule has 1 saturated heterocycles. The molecule has 0 aliphatic carbocycles. The van der Waals surface area contributed by atoms with E-state index in [0.717, 1.165) is 5.56 Å². The first-order chi connectivity index (χ1) is 15.2. The third-order valence-corrected chi connectivity index (χ3v) is 5.39. The molecule has 0 bridgehead atoms. The highest BCUT2D eigenvalue weighted by molar-refractivity contribution is 7.80. The first-order valence-electron chi connectivity index (χ1n) is 9.34. The number of halogens is 1. The number of nitrogens with zero attached hydrogens (tertiary/aromatic N) is 1. The number of carbonyl (C=O) groups excluding carboxylic acids is 3. The van der Waals surface area contributed by atoms with Gasteiger partial charge < -0.3 is 14.3 Å². The summed E-state index contributed by atoms with van der Waals surface area (Å²) in [6.45, 7) is 1.92. The molecule has 1 N–H and O–H groups in total. The first-order valence-corrected chi connectivity index (χ1v) is 10.1. The van der Waals surface area contributed by atoms with Crippen molar-refractivity contribution in [1.29, 1.82) is 0 Å². The van der Waals surface area contributed by atoms with E-state index in [1.807, 2.05) is 19.1 Å². The Bertz CT molecular complexity index is 1310. The lowest BCUT2D eigenvalue weighted by Gasteiger charge is -2.28. The maximum atomic E-state index is 13.1. The highest BCUT2D eigenvalue weighted by Gasteiger charge is 2.34. The van der Waals surface area contributed by atoms with Crippen molar-refractivity contribution < 1.29 is 23.9 Å². The molecular weight excluding hydrogens is 452 g/mol. The van der Waals surface area contributed by atoms with E-state index in [1.54, 1.807) is 30.3 Å². The lowest BCUT2D eigenvalue weighted by atomic mass is 10.1. The van der Waals surface area contributed by atoms with Crippen molar-refractivity contribution in [2.75, 3.05) is 4.90 Å². The predicted molar refractivity (Wildman–Crippen MR) is 121 cm³/mol. The number of carbonyl (C=O) groups is 3. The molecule has 2 heterocycles. The van der Waals surface area contributed by atoms with Crippen molar-refractivity contribution in [3.05, 3.63) is 82.1 Å². The summed E-state index contributed by atoms with van der Waals surface area (Å²) in [7, 11) is 0. The van der Waals surface area contributed by atoms with Crippen LogP contribution in [-0.2, 0) is 9.59 Å². The fraction of sp³-hybridized carbons (Fsp3) is 0.0435.